The number of aliphatic hydroxyl groups is 2. The van der Waals surface area contributed by atoms with Crippen molar-refractivity contribution in [3.8, 4) is 12.0 Å². The second-order valence-corrected chi connectivity index (χ2v) is 5.56. The van der Waals surface area contributed by atoms with Crippen molar-refractivity contribution in [1.82, 2.24) is 15.5 Å². The van der Waals surface area contributed by atoms with Crippen molar-refractivity contribution in [3.05, 3.63) is 0 Å². The van der Waals surface area contributed by atoms with Crippen LogP contribution in [-0.2, 0) is 4.79 Å². The minimum absolute atomic E-state index is 0.0810. The number of urea groups is 1. The summed E-state index contributed by atoms with van der Waals surface area (Å²) in [5, 5.41) is 29.4. The third-order valence-corrected chi connectivity index (χ3v) is 2.84. The highest BCUT2D eigenvalue weighted by atomic mass is 127. The zero-order chi connectivity index (χ0) is 19.7. The van der Waals surface area contributed by atoms with Gasteiger partial charge in [-0.3, -0.25) is 10.1 Å². The molecule has 0 saturated carbocycles. The van der Waals surface area contributed by atoms with Gasteiger partial charge in [0.15, 0.2) is 0 Å². The molecule has 0 bridgehead atoms. The first-order valence-corrected chi connectivity index (χ1v) is 9.22. The number of nitrogens with zero attached hydrogens (tertiary/aromatic N) is 1. The lowest BCUT2D eigenvalue weighted by Crippen LogP contribution is -2.25. The van der Waals surface area contributed by atoms with Gasteiger partial charge in [0.1, 0.15) is 0 Å². The molecule has 10 heteroatoms. The molecule has 1 aliphatic heterocycles. The topological polar surface area (TPSA) is 139 Å². The van der Waals surface area contributed by atoms with E-state index in [0.717, 1.165) is 17.7 Å². The number of hydrogen-bond acceptors (Lipinski definition) is 5. The van der Waals surface area contributed by atoms with Crippen LogP contribution in [0.4, 0.5) is 9.59 Å². The molecule has 1 aliphatic rings. The molecule has 1 fully saturated rings. The monoisotopic (exact) mass is 471 g/mol. The number of hydrogen-bond donors (Lipinski definition) is 5. The van der Waals surface area contributed by atoms with Crippen LogP contribution in [0.5, 0.6) is 0 Å². The van der Waals surface area contributed by atoms with Crippen molar-refractivity contribution >= 4 is 40.6 Å². The summed E-state index contributed by atoms with van der Waals surface area (Å²) in [4.78, 5) is 31.7. The molecule has 144 valence electrons. The Balaban J connectivity index is 0. The van der Waals surface area contributed by atoms with E-state index in [1.54, 1.807) is 6.92 Å². The van der Waals surface area contributed by atoms with Gasteiger partial charge in [-0.05, 0) is 19.8 Å². The molecular weight excluding hydrogens is 445 g/mol. The minimum atomic E-state index is -0.958. The number of nitrogens with one attached hydrogen (secondary N) is 2. The zero-order valence-electron chi connectivity index (χ0n) is 14.4. The number of carboxylic acid groups (broad SMARTS) is 1. The Morgan fingerprint density at radius 2 is 2.08 bits per heavy atom. The van der Waals surface area contributed by atoms with Gasteiger partial charge >= 0.3 is 12.1 Å². The molecule has 1 saturated heterocycles. The van der Waals surface area contributed by atoms with Gasteiger partial charge < -0.3 is 20.6 Å². The van der Waals surface area contributed by atoms with Gasteiger partial charge in [0.25, 0.3) is 0 Å². The summed E-state index contributed by atoms with van der Waals surface area (Å²) in [6.07, 6.45) is 1.02. The molecular formula is C15H26IN3O6. The standard InChI is InChI=1S/C8H12INO2.C4H10O2.C3H4N2O2/c1-2-3-6-10(8(11)12)7-4-5-9;1-4(6)2-3-5;6-2-1-4-3(7)5-2/h2-3,5-6H2,1H3,(H,11,12);4-6H,2-3H2,1H3;1H2,(H2,4,5,6,7). The Morgan fingerprint density at radius 1 is 1.44 bits per heavy atom. The van der Waals surface area contributed by atoms with E-state index in [4.69, 9.17) is 15.3 Å². The number of unbranched alkanes of at least 4 members (excludes halogenated alkanes) is 1. The van der Waals surface area contributed by atoms with E-state index in [1.807, 2.05) is 12.2 Å². The van der Waals surface area contributed by atoms with E-state index in [9.17, 15) is 14.4 Å². The summed E-state index contributed by atoms with van der Waals surface area (Å²) >= 11 is 2.09. The first-order valence-electron chi connectivity index (χ1n) is 7.69. The molecule has 0 aromatic carbocycles. The van der Waals surface area contributed by atoms with Crippen molar-refractivity contribution in [2.75, 3.05) is 24.1 Å². The smallest absolute Gasteiger partial charge is 0.419 e. The number of carbonyl (C=O) groups is 3. The number of alkyl halides is 1. The molecule has 5 N–H and O–H groups in total. The van der Waals surface area contributed by atoms with E-state index >= 15 is 0 Å². The van der Waals surface area contributed by atoms with Gasteiger partial charge in [0, 0.05) is 19.2 Å². The van der Waals surface area contributed by atoms with Gasteiger partial charge in [-0.1, -0.05) is 41.9 Å². The van der Waals surface area contributed by atoms with Crippen LogP contribution in [0.2, 0.25) is 0 Å². The molecule has 4 amide bonds. The zero-order valence-corrected chi connectivity index (χ0v) is 16.6. The number of carbonyl (C=O) groups excluding carboxylic acids is 2. The van der Waals surface area contributed by atoms with Crippen molar-refractivity contribution < 1.29 is 29.7 Å². The molecule has 1 atom stereocenters. The predicted octanol–water partition coefficient (Wildman–Crippen LogP) is 0.738. The molecule has 0 spiro atoms. The van der Waals surface area contributed by atoms with Crippen LogP contribution in [0, 0.1) is 12.0 Å². The average molecular weight is 471 g/mol. The van der Waals surface area contributed by atoms with Crippen molar-refractivity contribution in [2.45, 2.75) is 39.2 Å². The number of aliphatic hydroxyl groups excluding tert-OH is 2. The Bertz CT molecular complexity index is 448. The van der Waals surface area contributed by atoms with Crippen LogP contribution in [0.15, 0.2) is 0 Å². The normalized spacial score (nSPS) is 12.8. The van der Waals surface area contributed by atoms with Gasteiger partial charge in [-0.15, -0.1) is 0 Å². The van der Waals surface area contributed by atoms with Crippen LogP contribution >= 0.6 is 22.6 Å². The van der Waals surface area contributed by atoms with E-state index in [0.29, 0.717) is 17.4 Å². The fraction of sp³-hybridized carbons (Fsp3) is 0.667. The molecule has 1 unspecified atom stereocenters. The molecule has 0 radical (unpaired) electrons. The summed E-state index contributed by atoms with van der Waals surface area (Å²) < 4.78 is 0.660. The Hall–Kier alpha value is -1.58. The van der Waals surface area contributed by atoms with Gasteiger partial charge in [-0.2, -0.15) is 0 Å². The maximum Gasteiger partial charge on any atom is 0.419 e. The second kappa shape index (κ2) is 17.2. The Morgan fingerprint density at radius 3 is 2.32 bits per heavy atom. The minimum Gasteiger partial charge on any atom is -0.464 e. The molecule has 1 heterocycles. The summed E-state index contributed by atoms with van der Waals surface area (Å²) in [7, 11) is 0. The number of rotatable bonds is 5. The van der Waals surface area contributed by atoms with Crippen molar-refractivity contribution in [2.24, 2.45) is 0 Å². The van der Waals surface area contributed by atoms with E-state index in [2.05, 4.69) is 39.9 Å². The second-order valence-electron chi connectivity index (χ2n) is 4.80. The van der Waals surface area contributed by atoms with Crippen molar-refractivity contribution in [3.63, 3.8) is 0 Å². The molecule has 9 nitrogen and oxygen atoms in total. The Kier molecular flexibility index (Phi) is 17.7. The lowest BCUT2D eigenvalue weighted by Gasteiger charge is -2.09. The van der Waals surface area contributed by atoms with Crippen LogP contribution in [-0.4, -0.2) is 68.5 Å². The van der Waals surface area contributed by atoms with Crippen molar-refractivity contribution in [1.29, 1.82) is 0 Å². The average Bonchev–Trinajstić information content (AvgIpc) is 2.91. The lowest BCUT2D eigenvalue weighted by molar-refractivity contribution is -0.117. The first kappa shape index (κ1) is 25.7. The summed E-state index contributed by atoms with van der Waals surface area (Å²) in [6.45, 7) is 4.38. The highest BCUT2D eigenvalue weighted by Gasteiger charge is 2.14. The maximum atomic E-state index is 10.5. The van der Waals surface area contributed by atoms with E-state index < -0.39 is 12.1 Å². The van der Waals surface area contributed by atoms with E-state index in [1.165, 1.54) is 0 Å². The van der Waals surface area contributed by atoms with Gasteiger partial charge in [-0.25, -0.2) is 14.5 Å². The predicted molar refractivity (Wildman–Crippen MR) is 101 cm³/mol. The molecule has 1 rings (SSSR count). The molecule has 0 aliphatic carbocycles. The van der Waals surface area contributed by atoms with Gasteiger partial charge in [0.2, 0.25) is 5.91 Å². The third-order valence-electron chi connectivity index (χ3n) is 2.46. The van der Waals surface area contributed by atoms with E-state index in [-0.39, 0.29) is 25.2 Å². The van der Waals surface area contributed by atoms with Crippen LogP contribution in [0.25, 0.3) is 0 Å². The third kappa shape index (κ3) is 18.6. The Labute approximate surface area is 161 Å². The fourth-order valence-corrected chi connectivity index (χ4v) is 1.37. The summed E-state index contributed by atoms with van der Waals surface area (Å²) in [6, 6.07) is 2.18. The largest absolute Gasteiger partial charge is 0.464 e. The van der Waals surface area contributed by atoms with Gasteiger partial charge in [0.05, 0.1) is 17.1 Å². The highest BCUT2D eigenvalue weighted by molar-refractivity contribution is 14.1. The van der Waals surface area contributed by atoms with Crippen LogP contribution < -0.4 is 10.6 Å². The van der Waals surface area contributed by atoms with Crippen LogP contribution in [0.3, 0.4) is 0 Å². The number of halogens is 1. The fourth-order valence-electron chi connectivity index (χ4n) is 1.20. The SMILES string of the molecule is CC(O)CCO.CCCCN(C#CCI)C(=O)O.O=C1CNC(=O)N1. The number of imide groups is 1. The van der Waals surface area contributed by atoms with Crippen LogP contribution in [0.1, 0.15) is 33.1 Å². The quantitative estimate of drug-likeness (QED) is 0.132. The summed E-state index contributed by atoms with van der Waals surface area (Å²) in [5.41, 5.74) is 0. The molecule has 25 heavy (non-hydrogen) atoms. The first-order chi connectivity index (χ1) is 11.8. The molecule has 0 aromatic heterocycles. The maximum absolute atomic E-state index is 10.5. The highest BCUT2D eigenvalue weighted by Crippen LogP contribution is 1.93. The molecule has 0 aromatic rings. The number of amides is 4. The lowest BCUT2D eigenvalue weighted by atomic mass is 10.3. The summed E-state index contributed by atoms with van der Waals surface area (Å²) in [5.74, 6) is 2.46.